The van der Waals surface area contributed by atoms with E-state index in [1.54, 1.807) is 39.0 Å². The van der Waals surface area contributed by atoms with E-state index in [9.17, 15) is 9.59 Å². The first-order valence-corrected chi connectivity index (χ1v) is 7.10. The summed E-state index contributed by atoms with van der Waals surface area (Å²) in [6.45, 7) is 5.37. The highest BCUT2D eigenvalue weighted by atomic mass is 79.9. The maximum Gasteiger partial charge on any atom is 0.412 e. The third kappa shape index (κ3) is 7.55. The van der Waals surface area contributed by atoms with Crippen molar-refractivity contribution < 1.29 is 24.2 Å². The monoisotopic (exact) mass is 359 g/mol. The Morgan fingerprint density at radius 2 is 1.95 bits per heavy atom. The van der Waals surface area contributed by atoms with Gasteiger partial charge in [-0.3, -0.25) is 10.1 Å². The number of ether oxygens (including phenoxy) is 2. The molecule has 6 nitrogen and oxygen atoms in total. The number of hydrogen-bond donors (Lipinski definition) is 2. The number of hydrogen-bond acceptors (Lipinski definition) is 4. The van der Waals surface area contributed by atoms with E-state index in [0.717, 1.165) is 0 Å². The van der Waals surface area contributed by atoms with Gasteiger partial charge in [0.25, 0.3) is 0 Å². The molecule has 1 aromatic rings. The van der Waals surface area contributed by atoms with Crippen molar-refractivity contribution in [3.05, 3.63) is 22.7 Å². The third-order valence-corrected chi connectivity index (χ3v) is 2.56. The first-order valence-electron chi connectivity index (χ1n) is 6.31. The maximum absolute atomic E-state index is 11.7. The smallest absolute Gasteiger partial charge is 0.412 e. The molecule has 0 aliphatic carbocycles. The Labute approximate surface area is 131 Å². The van der Waals surface area contributed by atoms with Gasteiger partial charge in [0.05, 0.1) is 13.0 Å². The fourth-order valence-corrected chi connectivity index (χ4v) is 1.87. The molecule has 0 aliphatic heterocycles. The minimum Gasteiger partial charge on any atom is -0.493 e. The van der Waals surface area contributed by atoms with Crippen LogP contribution in [0.3, 0.4) is 0 Å². The van der Waals surface area contributed by atoms with Gasteiger partial charge in [0, 0.05) is 16.2 Å². The zero-order valence-electron chi connectivity index (χ0n) is 12.1. The van der Waals surface area contributed by atoms with Crippen LogP contribution in [-0.2, 0) is 9.53 Å². The first-order chi connectivity index (χ1) is 9.65. The molecule has 1 aromatic carbocycles. The van der Waals surface area contributed by atoms with Crippen molar-refractivity contribution >= 4 is 33.7 Å². The summed E-state index contributed by atoms with van der Waals surface area (Å²) in [5.74, 6) is -0.478. The van der Waals surface area contributed by atoms with Crippen LogP contribution in [0, 0.1) is 0 Å². The average Bonchev–Trinajstić information content (AvgIpc) is 2.24. The normalized spacial score (nSPS) is 10.9. The molecule has 0 aliphatic rings. The first kappa shape index (κ1) is 17.3. The number of aliphatic carboxylic acids is 1. The van der Waals surface area contributed by atoms with Crippen molar-refractivity contribution in [1.82, 2.24) is 0 Å². The van der Waals surface area contributed by atoms with E-state index in [1.807, 2.05) is 0 Å². The van der Waals surface area contributed by atoms with Crippen LogP contribution in [0.15, 0.2) is 22.7 Å². The van der Waals surface area contributed by atoms with Gasteiger partial charge in [-0.15, -0.1) is 0 Å². The van der Waals surface area contributed by atoms with Gasteiger partial charge < -0.3 is 14.6 Å². The van der Waals surface area contributed by atoms with Crippen LogP contribution in [0.4, 0.5) is 10.5 Å². The highest BCUT2D eigenvalue weighted by molar-refractivity contribution is 9.10. The topological polar surface area (TPSA) is 84.9 Å². The molecule has 116 valence electrons. The Hall–Kier alpha value is -1.76. The van der Waals surface area contributed by atoms with Gasteiger partial charge in [0.1, 0.15) is 11.4 Å². The molecule has 0 unspecified atom stereocenters. The lowest BCUT2D eigenvalue weighted by molar-refractivity contribution is -0.137. The standard InChI is InChI=1S/C14H18BrNO5/c1-14(2,3)21-13(19)16-10-6-9(15)7-11(8-10)20-5-4-12(17)18/h6-8H,4-5H2,1-3H3,(H,16,19)(H,17,18). The number of carbonyl (C=O) groups is 2. The number of carboxylic acid groups (broad SMARTS) is 1. The summed E-state index contributed by atoms with van der Waals surface area (Å²) in [5.41, 5.74) is -0.0966. The molecule has 0 saturated carbocycles. The van der Waals surface area contributed by atoms with Crippen LogP contribution in [0.1, 0.15) is 27.2 Å². The number of rotatable bonds is 5. The second-order valence-corrected chi connectivity index (χ2v) is 6.21. The molecule has 0 aromatic heterocycles. The van der Waals surface area contributed by atoms with Gasteiger partial charge in [-0.25, -0.2) is 4.79 Å². The second kappa shape index (κ2) is 7.31. The van der Waals surface area contributed by atoms with E-state index < -0.39 is 17.7 Å². The van der Waals surface area contributed by atoms with E-state index in [1.165, 1.54) is 0 Å². The summed E-state index contributed by atoms with van der Waals surface area (Å²) < 4.78 is 11.2. The molecule has 0 radical (unpaired) electrons. The van der Waals surface area contributed by atoms with E-state index in [0.29, 0.717) is 15.9 Å². The Bertz CT molecular complexity index is 525. The zero-order chi connectivity index (χ0) is 16.0. The van der Waals surface area contributed by atoms with E-state index in [4.69, 9.17) is 14.6 Å². The van der Waals surface area contributed by atoms with Crippen LogP contribution in [0.2, 0.25) is 0 Å². The zero-order valence-corrected chi connectivity index (χ0v) is 13.7. The molecular weight excluding hydrogens is 342 g/mol. The van der Waals surface area contributed by atoms with E-state index in [2.05, 4.69) is 21.2 Å². The summed E-state index contributed by atoms with van der Waals surface area (Å²) in [5, 5.41) is 11.2. The largest absolute Gasteiger partial charge is 0.493 e. The molecule has 0 atom stereocenters. The Kier molecular flexibility index (Phi) is 6.02. The molecular formula is C14H18BrNO5. The summed E-state index contributed by atoms with van der Waals surface area (Å²) >= 11 is 3.30. The lowest BCUT2D eigenvalue weighted by atomic mass is 10.2. The minimum atomic E-state index is -0.933. The van der Waals surface area contributed by atoms with Crippen molar-refractivity contribution in [1.29, 1.82) is 0 Å². The lowest BCUT2D eigenvalue weighted by Gasteiger charge is -2.20. The van der Waals surface area contributed by atoms with Crippen LogP contribution >= 0.6 is 15.9 Å². The number of carbonyl (C=O) groups excluding carboxylic acids is 1. The molecule has 0 spiro atoms. The summed E-state index contributed by atoms with van der Waals surface area (Å²) in [6, 6.07) is 4.96. The number of benzene rings is 1. The van der Waals surface area contributed by atoms with Gasteiger partial charge in [0.2, 0.25) is 0 Å². The predicted octanol–water partition coefficient (Wildman–Crippen LogP) is 3.65. The lowest BCUT2D eigenvalue weighted by Crippen LogP contribution is -2.27. The summed E-state index contributed by atoms with van der Waals surface area (Å²) in [4.78, 5) is 22.1. The van der Waals surface area contributed by atoms with Crippen LogP contribution in [0.25, 0.3) is 0 Å². The fraction of sp³-hybridized carbons (Fsp3) is 0.429. The molecule has 1 rings (SSSR count). The molecule has 7 heteroatoms. The van der Waals surface area contributed by atoms with Crippen molar-refractivity contribution in [2.75, 3.05) is 11.9 Å². The number of anilines is 1. The van der Waals surface area contributed by atoms with Crippen LogP contribution in [-0.4, -0.2) is 29.4 Å². The SMILES string of the molecule is CC(C)(C)OC(=O)Nc1cc(Br)cc(OCCC(=O)O)c1. The third-order valence-electron chi connectivity index (χ3n) is 2.10. The highest BCUT2D eigenvalue weighted by Gasteiger charge is 2.16. The van der Waals surface area contributed by atoms with Gasteiger partial charge in [-0.05, 0) is 32.9 Å². The van der Waals surface area contributed by atoms with Gasteiger partial charge in [0.15, 0.2) is 0 Å². The molecule has 0 heterocycles. The summed E-state index contributed by atoms with van der Waals surface area (Å²) in [7, 11) is 0. The van der Waals surface area contributed by atoms with Gasteiger partial charge in [-0.2, -0.15) is 0 Å². The van der Waals surface area contributed by atoms with Gasteiger partial charge in [-0.1, -0.05) is 15.9 Å². The molecule has 1 amide bonds. The predicted molar refractivity (Wildman–Crippen MR) is 81.7 cm³/mol. The van der Waals surface area contributed by atoms with Crippen LogP contribution in [0.5, 0.6) is 5.75 Å². The van der Waals surface area contributed by atoms with E-state index >= 15 is 0 Å². The van der Waals surface area contributed by atoms with E-state index in [-0.39, 0.29) is 13.0 Å². The highest BCUT2D eigenvalue weighted by Crippen LogP contribution is 2.25. The maximum atomic E-state index is 11.7. The number of amides is 1. The Morgan fingerprint density at radius 1 is 1.29 bits per heavy atom. The Balaban J connectivity index is 2.68. The number of carboxylic acids is 1. The van der Waals surface area contributed by atoms with Crippen LogP contribution < -0.4 is 10.1 Å². The molecule has 2 N–H and O–H groups in total. The van der Waals surface area contributed by atoms with Crippen molar-refractivity contribution in [2.45, 2.75) is 32.8 Å². The number of nitrogens with one attached hydrogen (secondary N) is 1. The fourth-order valence-electron chi connectivity index (χ4n) is 1.40. The van der Waals surface area contributed by atoms with Crippen molar-refractivity contribution in [3.63, 3.8) is 0 Å². The van der Waals surface area contributed by atoms with Crippen molar-refractivity contribution in [3.8, 4) is 5.75 Å². The minimum absolute atomic E-state index is 0.0532. The Morgan fingerprint density at radius 3 is 2.52 bits per heavy atom. The molecule has 0 fully saturated rings. The summed E-state index contributed by atoms with van der Waals surface area (Å²) in [6.07, 6.45) is -0.668. The average molecular weight is 360 g/mol. The number of halogens is 1. The quantitative estimate of drug-likeness (QED) is 0.837. The second-order valence-electron chi connectivity index (χ2n) is 5.29. The molecule has 0 saturated heterocycles. The molecule has 0 bridgehead atoms. The van der Waals surface area contributed by atoms with Crippen molar-refractivity contribution in [2.24, 2.45) is 0 Å². The molecule has 21 heavy (non-hydrogen) atoms. The van der Waals surface area contributed by atoms with Gasteiger partial charge >= 0.3 is 12.1 Å².